The minimum atomic E-state index is -1.03. The van der Waals surface area contributed by atoms with Gasteiger partial charge in [0.25, 0.3) is 0 Å². The van der Waals surface area contributed by atoms with Gasteiger partial charge in [-0.15, -0.1) is 0 Å². The van der Waals surface area contributed by atoms with Crippen LogP contribution in [0.15, 0.2) is 46.9 Å². The zero-order valence-corrected chi connectivity index (χ0v) is 12.4. The SMILES string of the molecule is COc1cc(C(=O)O)cc(OCc2ccccc2)c1Br. The molecule has 0 unspecified atom stereocenters. The molecule has 0 aromatic heterocycles. The van der Waals surface area contributed by atoms with Crippen LogP contribution in [0.4, 0.5) is 0 Å². The Labute approximate surface area is 125 Å². The van der Waals surface area contributed by atoms with Crippen LogP contribution in [0.5, 0.6) is 11.5 Å². The molecule has 0 aliphatic rings. The summed E-state index contributed by atoms with van der Waals surface area (Å²) in [5.74, 6) is -0.168. The molecule has 5 heteroatoms. The fourth-order valence-electron chi connectivity index (χ4n) is 1.68. The van der Waals surface area contributed by atoms with Gasteiger partial charge in [-0.2, -0.15) is 0 Å². The zero-order valence-electron chi connectivity index (χ0n) is 10.8. The maximum atomic E-state index is 11.1. The number of hydrogen-bond acceptors (Lipinski definition) is 3. The summed E-state index contributed by atoms with van der Waals surface area (Å²) in [4.78, 5) is 11.1. The molecule has 2 aromatic carbocycles. The lowest BCUT2D eigenvalue weighted by molar-refractivity contribution is 0.0696. The molecule has 0 saturated heterocycles. The van der Waals surface area contributed by atoms with Crippen molar-refractivity contribution < 1.29 is 19.4 Å². The number of benzene rings is 2. The Hall–Kier alpha value is -2.01. The molecule has 1 N–H and O–H groups in total. The predicted octanol–water partition coefficient (Wildman–Crippen LogP) is 3.73. The molecule has 0 amide bonds. The van der Waals surface area contributed by atoms with E-state index < -0.39 is 5.97 Å². The molecule has 2 rings (SSSR count). The average molecular weight is 337 g/mol. The third kappa shape index (κ3) is 3.30. The Morgan fingerprint density at radius 1 is 1.20 bits per heavy atom. The Morgan fingerprint density at radius 2 is 1.85 bits per heavy atom. The third-order valence-electron chi connectivity index (χ3n) is 2.71. The predicted molar refractivity (Wildman–Crippen MR) is 78.4 cm³/mol. The van der Waals surface area contributed by atoms with Crippen LogP contribution in [0.1, 0.15) is 15.9 Å². The molecule has 0 aliphatic carbocycles. The van der Waals surface area contributed by atoms with Crippen molar-refractivity contribution in [3.05, 3.63) is 58.1 Å². The number of hydrogen-bond donors (Lipinski definition) is 1. The number of carbonyl (C=O) groups is 1. The number of carboxylic acid groups (broad SMARTS) is 1. The minimum Gasteiger partial charge on any atom is -0.495 e. The number of ether oxygens (including phenoxy) is 2. The number of halogens is 1. The van der Waals surface area contributed by atoms with Crippen LogP contribution in [0, 0.1) is 0 Å². The molecule has 0 heterocycles. The van der Waals surface area contributed by atoms with Crippen LogP contribution < -0.4 is 9.47 Å². The highest BCUT2D eigenvalue weighted by Crippen LogP contribution is 2.36. The van der Waals surface area contributed by atoms with Gasteiger partial charge in [-0.25, -0.2) is 4.79 Å². The molecule has 2 aromatic rings. The lowest BCUT2D eigenvalue weighted by Gasteiger charge is -2.12. The van der Waals surface area contributed by atoms with Crippen molar-refractivity contribution in [1.82, 2.24) is 0 Å². The fourth-order valence-corrected chi connectivity index (χ4v) is 2.19. The topological polar surface area (TPSA) is 55.8 Å². The van der Waals surface area contributed by atoms with Crippen LogP contribution >= 0.6 is 15.9 Å². The maximum absolute atomic E-state index is 11.1. The van der Waals surface area contributed by atoms with E-state index in [1.807, 2.05) is 30.3 Å². The van der Waals surface area contributed by atoms with E-state index in [0.29, 0.717) is 22.6 Å². The van der Waals surface area contributed by atoms with Gasteiger partial charge in [0.05, 0.1) is 12.7 Å². The largest absolute Gasteiger partial charge is 0.495 e. The van der Waals surface area contributed by atoms with Crippen molar-refractivity contribution >= 4 is 21.9 Å². The van der Waals surface area contributed by atoms with E-state index in [1.165, 1.54) is 19.2 Å². The van der Waals surface area contributed by atoms with E-state index >= 15 is 0 Å². The normalized spacial score (nSPS) is 10.1. The zero-order chi connectivity index (χ0) is 14.5. The summed E-state index contributed by atoms with van der Waals surface area (Å²) < 4.78 is 11.4. The molecule has 0 atom stereocenters. The van der Waals surface area contributed by atoms with Gasteiger partial charge >= 0.3 is 5.97 Å². The van der Waals surface area contributed by atoms with Gasteiger partial charge < -0.3 is 14.6 Å². The third-order valence-corrected chi connectivity index (χ3v) is 3.49. The Kier molecular flexibility index (Phi) is 4.63. The van der Waals surface area contributed by atoms with Crippen molar-refractivity contribution in [2.45, 2.75) is 6.61 Å². The monoisotopic (exact) mass is 336 g/mol. The van der Waals surface area contributed by atoms with E-state index in [0.717, 1.165) is 5.56 Å². The summed E-state index contributed by atoms with van der Waals surface area (Å²) in [5.41, 5.74) is 1.12. The Balaban J connectivity index is 2.26. The number of carboxylic acids is 1. The summed E-state index contributed by atoms with van der Waals surface area (Å²) in [6.45, 7) is 0.353. The van der Waals surface area contributed by atoms with Crippen molar-refractivity contribution in [2.75, 3.05) is 7.11 Å². The van der Waals surface area contributed by atoms with E-state index in [9.17, 15) is 4.79 Å². The van der Waals surface area contributed by atoms with Gasteiger partial charge in [0.1, 0.15) is 22.6 Å². The van der Waals surface area contributed by atoms with Gasteiger partial charge in [0, 0.05) is 0 Å². The molecule has 0 fully saturated rings. The van der Waals surface area contributed by atoms with E-state index in [4.69, 9.17) is 14.6 Å². The van der Waals surface area contributed by atoms with Crippen molar-refractivity contribution in [2.24, 2.45) is 0 Å². The fraction of sp³-hybridized carbons (Fsp3) is 0.133. The molecule has 20 heavy (non-hydrogen) atoms. The second kappa shape index (κ2) is 6.43. The smallest absolute Gasteiger partial charge is 0.335 e. The first-order chi connectivity index (χ1) is 9.61. The maximum Gasteiger partial charge on any atom is 0.335 e. The molecule has 4 nitrogen and oxygen atoms in total. The summed E-state index contributed by atoms with van der Waals surface area (Å²) >= 11 is 3.36. The molecule has 104 valence electrons. The van der Waals surface area contributed by atoms with E-state index in [-0.39, 0.29) is 5.56 Å². The van der Waals surface area contributed by atoms with Gasteiger partial charge in [-0.05, 0) is 33.6 Å². The van der Waals surface area contributed by atoms with Crippen molar-refractivity contribution in [3.63, 3.8) is 0 Å². The van der Waals surface area contributed by atoms with Gasteiger partial charge in [-0.3, -0.25) is 0 Å². The highest BCUT2D eigenvalue weighted by molar-refractivity contribution is 9.10. The molecule has 0 radical (unpaired) electrons. The first-order valence-corrected chi connectivity index (χ1v) is 6.68. The molecule has 0 saturated carbocycles. The number of methoxy groups -OCH3 is 1. The first kappa shape index (κ1) is 14.4. The van der Waals surface area contributed by atoms with Gasteiger partial charge in [0.15, 0.2) is 0 Å². The Morgan fingerprint density at radius 3 is 2.45 bits per heavy atom. The lowest BCUT2D eigenvalue weighted by atomic mass is 10.2. The van der Waals surface area contributed by atoms with Crippen LogP contribution in [0.3, 0.4) is 0 Å². The molecular formula is C15H13BrO4. The van der Waals surface area contributed by atoms with Gasteiger partial charge in [-0.1, -0.05) is 30.3 Å². The van der Waals surface area contributed by atoms with Crippen LogP contribution in [0.2, 0.25) is 0 Å². The minimum absolute atomic E-state index is 0.119. The van der Waals surface area contributed by atoms with Crippen LogP contribution in [0.25, 0.3) is 0 Å². The first-order valence-electron chi connectivity index (χ1n) is 5.89. The number of rotatable bonds is 5. The lowest BCUT2D eigenvalue weighted by Crippen LogP contribution is -2.02. The second-order valence-electron chi connectivity index (χ2n) is 4.07. The van der Waals surface area contributed by atoms with Gasteiger partial charge in [0.2, 0.25) is 0 Å². The quantitative estimate of drug-likeness (QED) is 0.903. The molecule has 0 spiro atoms. The molecule has 0 aliphatic heterocycles. The average Bonchev–Trinajstić information content (AvgIpc) is 2.47. The molecule has 0 bridgehead atoms. The molecular weight excluding hydrogens is 324 g/mol. The summed E-state index contributed by atoms with van der Waals surface area (Å²) in [5, 5.41) is 9.08. The number of aromatic carboxylic acids is 1. The summed E-state index contributed by atoms with van der Waals surface area (Å²) in [6.07, 6.45) is 0. The second-order valence-corrected chi connectivity index (χ2v) is 4.86. The Bertz CT molecular complexity index is 611. The highest BCUT2D eigenvalue weighted by Gasteiger charge is 2.14. The summed E-state index contributed by atoms with van der Waals surface area (Å²) in [7, 11) is 1.48. The highest BCUT2D eigenvalue weighted by atomic mass is 79.9. The standard InChI is InChI=1S/C15H13BrO4/c1-19-12-7-11(15(17)18)8-13(14(12)16)20-9-10-5-3-2-4-6-10/h2-8H,9H2,1H3,(H,17,18). The van der Waals surface area contributed by atoms with E-state index in [1.54, 1.807) is 0 Å². The van der Waals surface area contributed by atoms with Crippen molar-refractivity contribution in [3.8, 4) is 11.5 Å². The van der Waals surface area contributed by atoms with Crippen molar-refractivity contribution in [1.29, 1.82) is 0 Å². The summed E-state index contributed by atoms with van der Waals surface area (Å²) in [6, 6.07) is 12.6. The van der Waals surface area contributed by atoms with E-state index in [2.05, 4.69) is 15.9 Å². The van der Waals surface area contributed by atoms with Crippen LogP contribution in [-0.4, -0.2) is 18.2 Å². The van der Waals surface area contributed by atoms with Crippen LogP contribution in [-0.2, 0) is 6.61 Å².